The van der Waals surface area contributed by atoms with E-state index in [-0.39, 0.29) is 10.8 Å². The number of hydrogen-bond donors (Lipinski definition) is 2. The Bertz CT molecular complexity index is 679. The molecule has 0 fully saturated rings. The van der Waals surface area contributed by atoms with Crippen LogP contribution in [0.1, 0.15) is 44.6 Å². The van der Waals surface area contributed by atoms with E-state index in [4.69, 9.17) is 5.11 Å². The number of hydrogen-bond acceptors (Lipinski definition) is 4. The van der Waals surface area contributed by atoms with E-state index in [0.29, 0.717) is 22.8 Å². The molecule has 1 aromatic carbocycles. The van der Waals surface area contributed by atoms with Crippen molar-refractivity contribution in [3.8, 4) is 0 Å². The number of anilines is 1. The topological polar surface area (TPSA) is 79.3 Å². The molecule has 0 saturated heterocycles. The fourth-order valence-corrected chi connectivity index (χ4v) is 2.78. The summed E-state index contributed by atoms with van der Waals surface area (Å²) in [6.45, 7) is 3.86. The van der Waals surface area contributed by atoms with Crippen LogP contribution >= 0.6 is 11.3 Å². The Morgan fingerprint density at radius 2 is 2.14 bits per heavy atom. The highest BCUT2D eigenvalue weighted by Gasteiger charge is 2.18. The summed E-state index contributed by atoms with van der Waals surface area (Å²) in [5.74, 6) is -1.29. The van der Waals surface area contributed by atoms with Crippen LogP contribution in [0.5, 0.6) is 0 Å². The van der Waals surface area contributed by atoms with Crippen LogP contribution in [0.25, 0.3) is 0 Å². The average molecular weight is 304 g/mol. The Labute approximate surface area is 126 Å². The van der Waals surface area contributed by atoms with Gasteiger partial charge in [0.15, 0.2) is 5.13 Å². The van der Waals surface area contributed by atoms with Crippen molar-refractivity contribution in [1.82, 2.24) is 4.98 Å². The van der Waals surface area contributed by atoms with Crippen LogP contribution in [0.3, 0.4) is 0 Å². The fourth-order valence-electron chi connectivity index (χ4n) is 1.93. The second-order valence-electron chi connectivity index (χ2n) is 4.67. The molecule has 0 saturated carbocycles. The van der Waals surface area contributed by atoms with E-state index in [1.165, 1.54) is 0 Å². The number of benzene rings is 1. The third-order valence-corrected chi connectivity index (χ3v) is 3.88. The van der Waals surface area contributed by atoms with Crippen LogP contribution in [0.15, 0.2) is 24.3 Å². The van der Waals surface area contributed by atoms with Crippen molar-refractivity contribution >= 4 is 28.3 Å². The number of aromatic carboxylic acids is 1. The Morgan fingerprint density at radius 3 is 2.76 bits per heavy atom. The Morgan fingerprint density at radius 1 is 1.38 bits per heavy atom. The van der Waals surface area contributed by atoms with Crippen molar-refractivity contribution < 1.29 is 14.7 Å². The minimum absolute atomic E-state index is 0.191. The molecular weight excluding hydrogens is 288 g/mol. The normalized spacial score (nSPS) is 10.4. The van der Waals surface area contributed by atoms with Crippen LogP contribution in [0.4, 0.5) is 5.13 Å². The lowest BCUT2D eigenvalue weighted by Crippen LogP contribution is -2.11. The van der Waals surface area contributed by atoms with E-state index in [2.05, 4.69) is 10.3 Å². The molecule has 0 bridgehead atoms. The summed E-state index contributed by atoms with van der Waals surface area (Å²) in [5, 5.41) is 12.1. The Balaban J connectivity index is 2.21. The molecule has 1 heterocycles. The largest absolute Gasteiger partial charge is 0.477 e. The van der Waals surface area contributed by atoms with E-state index in [0.717, 1.165) is 23.3 Å². The van der Waals surface area contributed by atoms with Crippen molar-refractivity contribution in [1.29, 1.82) is 0 Å². The van der Waals surface area contributed by atoms with Gasteiger partial charge in [-0.1, -0.05) is 42.4 Å². The molecule has 6 heteroatoms. The molecule has 2 aromatic rings. The van der Waals surface area contributed by atoms with Gasteiger partial charge in [0.1, 0.15) is 4.88 Å². The molecule has 5 nitrogen and oxygen atoms in total. The summed E-state index contributed by atoms with van der Waals surface area (Å²) in [5.41, 5.74) is 2.04. The summed E-state index contributed by atoms with van der Waals surface area (Å²) >= 11 is 0.992. The van der Waals surface area contributed by atoms with Crippen molar-refractivity contribution in [3.63, 3.8) is 0 Å². The number of carboxylic acid groups (broad SMARTS) is 1. The van der Waals surface area contributed by atoms with Crippen LogP contribution in [0.2, 0.25) is 0 Å². The Hall–Kier alpha value is -2.21. The first-order valence-corrected chi connectivity index (χ1v) is 7.44. The minimum Gasteiger partial charge on any atom is -0.477 e. The maximum atomic E-state index is 12.1. The lowest BCUT2D eigenvalue weighted by Gasteiger charge is -2.02. The summed E-state index contributed by atoms with van der Waals surface area (Å²) < 4.78 is 0. The van der Waals surface area contributed by atoms with Gasteiger partial charge >= 0.3 is 5.97 Å². The van der Waals surface area contributed by atoms with Crippen LogP contribution in [-0.2, 0) is 6.42 Å². The molecule has 1 amide bonds. The summed E-state index contributed by atoms with van der Waals surface area (Å²) in [7, 11) is 0. The molecule has 0 unspecified atom stereocenters. The first-order chi connectivity index (χ1) is 10.0. The molecule has 0 spiro atoms. The standard InChI is InChI=1S/C15H16N2O3S/c1-3-5-11-12(14(19)20)21-15(16-11)17-13(18)10-7-4-6-9(2)8-10/h4,6-8H,3,5H2,1-2H3,(H,19,20)(H,16,17,18). The molecule has 0 aliphatic heterocycles. The van der Waals surface area contributed by atoms with Gasteiger partial charge in [-0.05, 0) is 25.5 Å². The lowest BCUT2D eigenvalue weighted by atomic mass is 10.1. The average Bonchev–Trinajstić information content (AvgIpc) is 2.82. The van der Waals surface area contributed by atoms with Gasteiger partial charge in [0, 0.05) is 5.56 Å². The van der Waals surface area contributed by atoms with Crippen LogP contribution in [-0.4, -0.2) is 22.0 Å². The van der Waals surface area contributed by atoms with Gasteiger partial charge in [0.25, 0.3) is 5.91 Å². The smallest absolute Gasteiger partial charge is 0.347 e. The van der Waals surface area contributed by atoms with Gasteiger partial charge in [0.05, 0.1) is 5.69 Å². The predicted octanol–water partition coefficient (Wildman–Crippen LogP) is 3.35. The second-order valence-corrected chi connectivity index (χ2v) is 5.67. The Kier molecular flexibility index (Phi) is 4.70. The molecule has 0 aliphatic carbocycles. The third kappa shape index (κ3) is 3.66. The van der Waals surface area contributed by atoms with E-state index < -0.39 is 5.97 Å². The van der Waals surface area contributed by atoms with Gasteiger partial charge in [-0.2, -0.15) is 0 Å². The number of nitrogens with one attached hydrogen (secondary N) is 1. The maximum Gasteiger partial charge on any atom is 0.347 e. The summed E-state index contributed by atoms with van der Waals surface area (Å²) in [6, 6.07) is 7.19. The fraction of sp³-hybridized carbons (Fsp3) is 0.267. The van der Waals surface area contributed by atoms with E-state index >= 15 is 0 Å². The number of carbonyl (C=O) groups excluding carboxylic acids is 1. The molecule has 0 radical (unpaired) electrons. The van der Waals surface area contributed by atoms with Crippen LogP contribution < -0.4 is 5.32 Å². The van der Waals surface area contributed by atoms with E-state index in [1.54, 1.807) is 18.2 Å². The maximum absolute atomic E-state index is 12.1. The summed E-state index contributed by atoms with van der Waals surface area (Å²) in [4.78, 5) is 27.7. The molecule has 0 atom stereocenters. The van der Waals surface area contributed by atoms with Gasteiger partial charge in [-0.3, -0.25) is 10.1 Å². The monoisotopic (exact) mass is 304 g/mol. The predicted molar refractivity (Wildman–Crippen MR) is 82.2 cm³/mol. The van der Waals surface area contributed by atoms with Crippen molar-refractivity contribution in [2.75, 3.05) is 5.32 Å². The lowest BCUT2D eigenvalue weighted by molar-refractivity contribution is 0.0700. The number of carbonyl (C=O) groups is 2. The van der Waals surface area contributed by atoms with Crippen molar-refractivity contribution in [2.24, 2.45) is 0 Å². The van der Waals surface area contributed by atoms with E-state index in [9.17, 15) is 9.59 Å². The highest BCUT2D eigenvalue weighted by molar-refractivity contribution is 7.17. The SMILES string of the molecule is CCCc1nc(NC(=O)c2cccc(C)c2)sc1C(=O)O. The van der Waals surface area contributed by atoms with Crippen molar-refractivity contribution in [2.45, 2.75) is 26.7 Å². The molecular formula is C15H16N2O3S. The molecule has 2 N–H and O–H groups in total. The van der Waals surface area contributed by atoms with E-state index in [1.807, 2.05) is 19.9 Å². The number of rotatable bonds is 5. The number of amides is 1. The zero-order valence-electron chi connectivity index (χ0n) is 11.8. The molecule has 2 rings (SSSR count). The number of aromatic nitrogens is 1. The minimum atomic E-state index is -1.01. The number of carboxylic acids is 1. The quantitative estimate of drug-likeness (QED) is 0.887. The highest BCUT2D eigenvalue weighted by Crippen LogP contribution is 2.24. The molecule has 21 heavy (non-hydrogen) atoms. The molecule has 110 valence electrons. The second kappa shape index (κ2) is 6.49. The van der Waals surface area contributed by atoms with Gasteiger partial charge in [0.2, 0.25) is 0 Å². The third-order valence-electron chi connectivity index (χ3n) is 2.88. The summed E-state index contributed by atoms with van der Waals surface area (Å²) in [6.07, 6.45) is 1.38. The zero-order valence-corrected chi connectivity index (χ0v) is 12.7. The van der Waals surface area contributed by atoms with Gasteiger partial charge in [-0.15, -0.1) is 0 Å². The molecule has 0 aliphatic rings. The zero-order chi connectivity index (χ0) is 15.4. The van der Waals surface area contributed by atoms with Gasteiger partial charge in [-0.25, -0.2) is 9.78 Å². The van der Waals surface area contributed by atoms with Gasteiger partial charge < -0.3 is 5.11 Å². The number of nitrogens with zero attached hydrogens (tertiary/aromatic N) is 1. The number of aryl methyl sites for hydroxylation is 2. The number of thiazole rings is 1. The van der Waals surface area contributed by atoms with Crippen molar-refractivity contribution in [3.05, 3.63) is 46.0 Å². The first kappa shape index (κ1) is 15.2. The first-order valence-electron chi connectivity index (χ1n) is 6.62. The highest BCUT2D eigenvalue weighted by atomic mass is 32.1. The van der Waals surface area contributed by atoms with Crippen LogP contribution in [0, 0.1) is 6.92 Å². The molecule has 1 aromatic heterocycles.